The lowest BCUT2D eigenvalue weighted by Gasteiger charge is -2.24. The molecule has 2 N–H and O–H groups in total. The van der Waals surface area contributed by atoms with Crippen molar-refractivity contribution in [3.05, 3.63) is 28.2 Å². The number of rotatable bonds is 5. The second-order valence-electron chi connectivity index (χ2n) is 4.07. The first-order valence-electron chi connectivity index (χ1n) is 5.27. The third-order valence-electron chi connectivity index (χ3n) is 2.66. The predicted molar refractivity (Wildman–Crippen MR) is 77.9 cm³/mol. The normalized spacial score (nSPS) is 13.1. The molecule has 0 fully saturated rings. The average molecular weight is 303 g/mol. The molecule has 1 rings (SSSR count). The van der Waals surface area contributed by atoms with Crippen LogP contribution in [0, 0.1) is 0 Å². The fraction of sp³-hybridized carbons (Fsp3) is 0.500. The maximum atomic E-state index is 5.72. The minimum absolute atomic E-state index is 0.583. The van der Waals surface area contributed by atoms with E-state index in [4.69, 9.17) is 5.73 Å². The largest absolute Gasteiger partial charge is 0.399 e. The molecule has 0 aliphatic heterocycles. The molecule has 0 aliphatic carbocycles. The van der Waals surface area contributed by atoms with Crippen LogP contribution in [0.15, 0.2) is 22.7 Å². The molecule has 0 aromatic heterocycles. The molecule has 4 heteroatoms. The van der Waals surface area contributed by atoms with E-state index in [0.717, 1.165) is 22.5 Å². The fourth-order valence-corrected chi connectivity index (χ4v) is 2.74. The lowest BCUT2D eigenvalue weighted by Crippen LogP contribution is -2.30. The maximum Gasteiger partial charge on any atom is 0.0325 e. The van der Waals surface area contributed by atoms with Gasteiger partial charge in [-0.2, -0.15) is 11.8 Å². The van der Waals surface area contributed by atoms with Crippen LogP contribution < -0.4 is 5.73 Å². The summed E-state index contributed by atoms with van der Waals surface area (Å²) in [6, 6.07) is 6.58. The summed E-state index contributed by atoms with van der Waals surface area (Å²) in [5.74, 6) is 1.16. The number of hydrogen-bond acceptors (Lipinski definition) is 3. The first kappa shape index (κ1) is 13.9. The highest BCUT2D eigenvalue weighted by Crippen LogP contribution is 2.21. The Bertz CT molecular complexity index is 344. The van der Waals surface area contributed by atoms with Gasteiger partial charge in [0.25, 0.3) is 0 Å². The molecule has 16 heavy (non-hydrogen) atoms. The molecule has 1 aromatic carbocycles. The van der Waals surface area contributed by atoms with Gasteiger partial charge in [0.1, 0.15) is 0 Å². The second-order valence-corrected chi connectivity index (χ2v) is 5.84. The molecule has 1 aromatic rings. The zero-order valence-electron chi connectivity index (χ0n) is 10.0. The van der Waals surface area contributed by atoms with E-state index in [1.54, 1.807) is 0 Å². The van der Waals surface area contributed by atoms with Gasteiger partial charge in [-0.3, -0.25) is 4.90 Å². The van der Waals surface area contributed by atoms with E-state index in [1.165, 1.54) is 5.56 Å². The van der Waals surface area contributed by atoms with E-state index in [1.807, 2.05) is 23.9 Å². The Morgan fingerprint density at radius 1 is 1.50 bits per heavy atom. The van der Waals surface area contributed by atoms with Crippen LogP contribution in [0.2, 0.25) is 0 Å². The molecule has 0 amide bonds. The Kier molecular flexibility index (Phi) is 5.66. The second kappa shape index (κ2) is 6.52. The molecule has 2 nitrogen and oxygen atoms in total. The van der Waals surface area contributed by atoms with Crippen LogP contribution in [0.4, 0.5) is 5.69 Å². The van der Waals surface area contributed by atoms with Crippen LogP contribution in [-0.4, -0.2) is 30.0 Å². The van der Waals surface area contributed by atoms with Gasteiger partial charge in [-0.15, -0.1) is 0 Å². The van der Waals surface area contributed by atoms with Crippen molar-refractivity contribution in [3.63, 3.8) is 0 Å². The number of nitrogens with zero attached hydrogens (tertiary/aromatic N) is 1. The topological polar surface area (TPSA) is 29.3 Å². The average Bonchev–Trinajstić information content (AvgIpc) is 2.22. The summed E-state index contributed by atoms with van der Waals surface area (Å²) in [5, 5.41) is 0. The Labute approximate surface area is 111 Å². The molecule has 0 spiro atoms. The highest BCUT2D eigenvalue weighted by Gasteiger charge is 2.10. The van der Waals surface area contributed by atoms with E-state index in [0.29, 0.717) is 6.04 Å². The van der Waals surface area contributed by atoms with E-state index in [-0.39, 0.29) is 0 Å². The molecule has 0 saturated carbocycles. The van der Waals surface area contributed by atoms with Crippen molar-refractivity contribution in [1.29, 1.82) is 0 Å². The highest BCUT2D eigenvalue weighted by atomic mass is 79.9. The van der Waals surface area contributed by atoms with Crippen molar-refractivity contribution in [1.82, 2.24) is 4.90 Å². The summed E-state index contributed by atoms with van der Waals surface area (Å²) in [6.45, 7) is 3.20. The van der Waals surface area contributed by atoms with Gasteiger partial charge in [0.2, 0.25) is 0 Å². The Morgan fingerprint density at radius 3 is 2.75 bits per heavy atom. The fourth-order valence-electron chi connectivity index (χ4n) is 1.48. The van der Waals surface area contributed by atoms with Gasteiger partial charge in [-0.1, -0.05) is 22.0 Å². The van der Waals surface area contributed by atoms with Gasteiger partial charge < -0.3 is 5.73 Å². The number of benzene rings is 1. The number of hydrogen-bond donors (Lipinski definition) is 1. The first-order valence-corrected chi connectivity index (χ1v) is 7.46. The molecule has 0 radical (unpaired) electrons. The number of thioether (sulfide) groups is 1. The summed E-state index contributed by atoms with van der Waals surface area (Å²) in [4.78, 5) is 2.35. The SMILES string of the molecule is CSCC(C)N(C)Cc1ccc(N)cc1Br. The first-order chi connectivity index (χ1) is 7.54. The summed E-state index contributed by atoms with van der Waals surface area (Å²) < 4.78 is 1.09. The summed E-state index contributed by atoms with van der Waals surface area (Å²) in [5.41, 5.74) is 7.80. The van der Waals surface area contributed by atoms with Crippen molar-refractivity contribution < 1.29 is 0 Å². The predicted octanol–water partition coefficient (Wildman–Crippen LogP) is 3.21. The number of halogens is 1. The van der Waals surface area contributed by atoms with E-state index >= 15 is 0 Å². The van der Waals surface area contributed by atoms with Crippen LogP contribution in [0.1, 0.15) is 12.5 Å². The third-order valence-corrected chi connectivity index (χ3v) is 4.21. The van der Waals surface area contributed by atoms with Gasteiger partial charge in [0.05, 0.1) is 0 Å². The zero-order valence-corrected chi connectivity index (χ0v) is 12.4. The summed E-state index contributed by atoms with van der Waals surface area (Å²) in [7, 11) is 2.16. The maximum absolute atomic E-state index is 5.72. The van der Waals surface area contributed by atoms with Gasteiger partial charge in [-0.25, -0.2) is 0 Å². The van der Waals surface area contributed by atoms with E-state index in [9.17, 15) is 0 Å². The van der Waals surface area contributed by atoms with E-state index < -0.39 is 0 Å². The van der Waals surface area contributed by atoms with Crippen LogP contribution in [0.3, 0.4) is 0 Å². The van der Waals surface area contributed by atoms with Crippen LogP contribution in [0.25, 0.3) is 0 Å². The van der Waals surface area contributed by atoms with Gasteiger partial charge >= 0.3 is 0 Å². The molecule has 0 saturated heterocycles. The van der Waals surface area contributed by atoms with Crippen molar-refractivity contribution in [2.75, 3.05) is 24.8 Å². The molecule has 1 atom stereocenters. The van der Waals surface area contributed by atoms with Crippen molar-refractivity contribution >= 4 is 33.4 Å². The smallest absolute Gasteiger partial charge is 0.0325 e. The number of anilines is 1. The molecule has 90 valence electrons. The number of nitrogens with two attached hydrogens (primary N) is 1. The highest BCUT2D eigenvalue weighted by molar-refractivity contribution is 9.10. The number of nitrogen functional groups attached to an aromatic ring is 1. The van der Waals surface area contributed by atoms with Crippen molar-refractivity contribution in [2.45, 2.75) is 19.5 Å². The van der Waals surface area contributed by atoms with Crippen molar-refractivity contribution in [3.8, 4) is 0 Å². The molecule has 1 unspecified atom stereocenters. The van der Waals surface area contributed by atoms with Crippen LogP contribution >= 0.6 is 27.7 Å². The van der Waals surface area contributed by atoms with Crippen molar-refractivity contribution in [2.24, 2.45) is 0 Å². The monoisotopic (exact) mass is 302 g/mol. The molecular weight excluding hydrogens is 284 g/mol. The third kappa shape index (κ3) is 4.00. The molecule has 0 aliphatic rings. The van der Waals surface area contributed by atoms with E-state index in [2.05, 4.69) is 47.1 Å². The lowest BCUT2D eigenvalue weighted by atomic mass is 10.2. The minimum Gasteiger partial charge on any atom is -0.399 e. The summed E-state index contributed by atoms with van der Waals surface area (Å²) >= 11 is 5.43. The van der Waals surface area contributed by atoms with Gasteiger partial charge in [-0.05, 0) is 37.9 Å². The Hall–Kier alpha value is -0.190. The van der Waals surface area contributed by atoms with Crippen LogP contribution in [0.5, 0.6) is 0 Å². The van der Waals surface area contributed by atoms with Crippen LogP contribution in [-0.2, 0) is 6.54 Å². The molecule has 0 bridgehead atoms. The Morgan fingerprint density at radius 2 is 2.19 bits per heavy atom. The molecular formula is C12H19BrN2S. The minimum atomic E-state index is 0.583. The van der Waals surface area contributed by atoms with Gasteiger partial charge in [0.15, 0.2) is 0 Å². The lowest BCUT2D eigenvalue weighted by molar-refractivity contribution is 0.269. The zero-order chi connectivity index (χ0) is 12.1. The van der Waals surface area contributed by atoms with Gasteiger partial charge in [0, 0.05) is 28.5 Å². The summed E-state index contributed by atoms with van der Waals surface area (Å²) in [6.07, 6.45) is 2.14. The standard InChI is InChI=1S/C12H19BrN2S/c1-9(8-16-3)15(2)7-10-4-5-11(14)6-12(10)13/h4-6,9H,7-8,14H2,1-3H3. The quantitative estimate of drug-likeness (QED) is 0.847. The molecule has 0 heterocycles. The Balaban J connectivity index is 2.65.